The van der Waals surface area contributed by atoms with Gasteiger partial charge in [-0.1, -0.05) is 34.8 Å². The largest absolute Gasteiger partial charge is 0.506 e. The van der Waals surface area contributed by atoms with Gasteiger partial charge >= 0.3 is 6.18 Å². The zero-order chi connectivity index (χ0) is 13.9. The van der Waals surface area contributed by atoms with E-state index in [2.05, 4.69) is 0 Å². The van der Waals surface area contributed by atoms with Gasteiger partial charge in [-0.15, -0.1) is 0 Å². The van der Waals surface area contributed by atoms with E-state index in [0.29, 0.717) is 6.07 Å². The predicted molar refractivity (Wildman–Crippen MR) is 63.4 cm³/mol. The number of benzene rings is 1. The summed E-state index contributed by atoms with van der Waals surface area (Å²) in [6.45, 7) is -0.124. The molecule has 8 heteroatoms. The smallest absolute Gasteiger partial charge is 0.420 e. The molecule has 1 N–H and O–H groups in total. The zero-order valence-electron chi connectivity index (χ0n) is 8.56. The molecule has 0 unspecified atom stereocenters. The highest BCUT2D eigenvalue weighted by atomic mass is 35.5. The molecule has 0 spiro atoms. The minimum absolute atomic E-state index is 0.0732. The Morgan fingerprint density at radius 3 is 2.44 bits per heavy atom. The van der Waals surface area contributed by atoms with Gasteiger partial charge in [0.1, 0.15) is 28.2 Å². The highest BCUT2D eigenvalue weighted by molar-refractivity contribution is 6.55. The summed E-state index contributed by atoms with van der Waals surface area (Å²) in [5.74, 6) is -1.20. The summed E-state index contributed by atoms with van der Waals surface area (Å²) in [4.78, 5) is 0. The molecule has 18 heavy (non-hydrogen) atoms. The topological polar surface area (TPSA) is 29.5 Å². The molecule has 0 amide bonds. The van der Waals surface area contributed by atoms with Gasteiger partial charge in [-0.25, -0.2) is 0 Å². The minimum atomic E-state index is -4.73. The van der Waals surface area contributed by atoms with Crippen LogP contribution < -0.4 is 4.74 Å². The molecule has 0 aliphatic heterocycles. The fourth-order valence-electron chi connectivity index (χ4n) is 1.07. The Labute approximate surface area is 116 Å². The molecule has 0 fully saturated rings. The molecule has 1 aromatic carbocycles. The van der Waals surface area contributed by atoms with E-state index < -0.39 is 22.5 Å². The van der Waals surface area contributed by atoms with Gasteiger partial charge in [-0.2, -0.15) is 13.2 Å². The van der Waals surface area contributed by atoms with Gasteiger partial charge in [0.15, 0.2) is 0 Å². The summed E-state index contributed by atoms with van der Waals surface area (Å²) >= 11 is 16.1. The van der Waals surface area contributed by atoms with Gasteiger partial charge < -0.3 is 9.84 Å². The molecular weight excluding hydrogens is 315 g/mol. The van der Waals surface area contributed by atoms with Crippen LogP contribution in [-0.4, -0.2) is 11.7 Å². The van der Waals surface area contributed by atoms with Crippen LogP contribution in [0.15, 0.2) is 22.7 Å². The van der Waals surface area contributed by atoms with Crippen molar-refractivity contribution < 1.29 is 23.0 Å². The summed E-state index contributed by atoms with van der Waals surface area (Å²) < 4.78 is 42.5. The minimum Gasteiger partial charge on any atom is -0.506 e. The molecule has 0 saturated heterocycles. The standard InChI is InChI=1S/C10H6Cl3F3O2/c11-7-4-5(18-2-1-8(12)13)3-6(9(7)17)10(14,15)16/h1,3-4,17H,2H2. The molecule has 1 rings (SSSR count). The highest BCUT2D eigenvalue weighted by Gasteiger charge is 2.35. The number of ether oxygens (including phenoxy) is 1. The van der Waals surface area contributed by atoms with Crippen LogP contribution in [0.2, 0.25) is 5.02 Å². The number of rotatable bonds is 3. The Bertz CT molecular complexity index is 468. The lowest BCUT2D eigenvalue weighted by molar-refractivity contribution is -0.138. The first kappa shape index (κ1) is 15.3. The fourth-order valence-corrected chi connectivity index (χ4v) is 1.41. The maximum atomic E-state index is 12.5. The predicted octanol–water partition coefficient (Wildman–Crippen LogP) is 4.76. The fraction of sp³-hybridized carbons (Fsp3) is 0.200. The molecule has 0 radical (unpaired) electrons. The van der Waals surface area contributed by atoms with Crippen LogP contribution in [0.25, 0.3) is 0 Å². The number of phenols is 1. The van der Waals surface area contributed by atoms with E-state index in [1.54, 1.807) is 0 Å². The van der Waals surface area contributed by atoms with E-state index in [1.807, 2.05) is 0 Å². The number of alkyl halides is 3. The van der Waals surface area contributed by atoms with Gasteiger partial charge in [0, 0.05) is 6.07 Å². The van der Waals surface area contributed by atoms with Crippen LogP contribution in [0.3, 0.4) is 0 Å². The van der Waals surface area contributed by atoms with Crippen LogP contribution in [0, 0.1) is 0 Å². The second-order valence-corrected chi connectivity index (χ2v) is 4.52. The first-order valence-electron chi connectivity index (χ1n) is 4.45. The van der Waals surface area contributed by atoms with E-state index in [9.17, 15) is 18.3 Å². The lowest BCUT2D eigenvalue weighted by Gasteiger charge is -2.12. The van der Waals surface area contributed by atoms with Crippen LogP contribution in [0.4, 0.5) is 13.2 Å². The van der Waals surface area contributed by atoms with Gasteiger partial charge in [0.05, 0.1) is 5.02 Å². The van der Waals surface area contributed by atoms with Gasteiger partial charge in [-0.05, 0) is 12.1 Å². The van der Waals surface area contributed by atoms with E-state index in [1.165, 1.54) is 6.08 Å². The molecule has 0 aliphatic carbocycles. The summed E-state index contributed by atoms with van der Waals surface area (Å²) in [6, 6.07) is 1.69. The Balaban J connectivity index is 3.02. The van der Waals surface area contributed by atoms with Crippen molar-refractivity contribution in [2.75, 3.05) is 6.61 Å². The van der Waals surface area contributed by atoms with E-state index >= 15 is 0 Å². The van der Waals surface area contributed by atoms with Crippen molar-refractivity contribution in [2.24, 2.45) is 0 Å². The van der Waals surface area contributed by atoms with Crippen molar-refractivity contribution in [3.05, 3.63) is 33.3 Å². The maximum Gasteiger partial charge on any atom is 0.420 e. The van der Waals surface area contributed by atoms with Crippen molar-refractivity contribution in [3.8, 4) is 11.5 Å². The third-order valence-corrected chi connectivity index (χ3v) is 2.43. The third kappa shape index (κ3) is 4.15. The van der Waals surface area contributed by atoms with Crippen molar-refractivity contribution in [3.63, 3.8) is 0 Å². The summed E-state index contributed by atoms with van der Waals surface area (Å²) in [6.07, 6.45) is -3.48. The Hall–Kier alpha value is -0.780. The summed E-state index contributed by atoms with van der Waals surface area (Å²) in [7, 11) is 0. The van der Waals surface area contributed by atoms with E-state index in [-0.39, 0.29) is 16.8 Å². The molecule has 1 aromatic rings. The molecule has 0 heterocycles. The lowest BCUT2D eigenvalue weighted by atomic mass is 10.2. The molecule has 2 nitrogen and oxygen atoms in total. The number of hydrogen-bond donors (Lipinski definition) is 1. The molecule has 0 atom stereocenters. The Morgan fingerprint density at radius 1 is 1.33 bits per heavy atom. The summed E-state index contributed by atoms with van der Waals surface area (Å²) in [5, 5.41) is 8.75. The highest BCUT2D eigenvalue weighted by Crippen LogP contribution is 2.42. The monoisotopic (exact) mass is 320 g/mol. The molecular formula is C10H6Cl3F3O2. The van der Waals surface area contributed by atoms with E-state index in [0.717, 1.165) is 6.07 Å². The van der Waals surface area contributed by atoms with Crippen LogP contribution in [0.1, 0.15) is 5.56 Å². The molecule has 0 saturated carbocycles. The SMILES string of the molecule is Oc1c(Cl)cc(OCC=C(Cl)Cl)cc1C(F)(F)F. The maximum absolute atomic E-state index is 12.5. The average molecular weight is 322 g/mol. The van der Waals surface area contributed by atoms with Crippen molar-refractivity contribution in [1.29, 1.82) is 0 Å². The Kier molecular flexibility index (Phi) is 5.01. The lowest BCUT2D eigenvalue weighted by Crippen LogP contribution is -2.06. The number of halogens is 6. The van der Waals surface area contributed by atoms with Gasteiger partial charge in [0.25, 0.3) is 0 Å². The Morgan fingerprint density at radius 2 is 1.94 bits per heavy atom. The van der Waals surface area contributed by atoms with Crippen molar-refractivity contribution >= 4 is 34.8 Å². The average Bonchev–Trinajstić information content (AvgIpc) is 2.20. The van der Waals surface area contributed by atoms with Crippen molar-refractivity contribution in [1.82, 2.24) is 0 Å². The third-order valence-electron chi connectivity index (χ3n) is 1.83. The van der Waals surface area contributed by atoms with Crippen molar-refractivity contribution in [2.45, 2.75) is 6.18 Å². The number of aromatic hydroxyl groups is 1. The first-order valence-corrected chi connectivity index (χ1v) is 5.59. The van der Waals surface area contributed by atoms with Gasteiger partial charge in [-0.3, -0.25) is 0 Å². The molecule has 100 valence electrons. The first-order chi connectivity index (χ1) is 8.21. The van der Waals surface area contributed by atoms with Crippen LogP contribution in [-0.2, 0) is 6.18 Å². The van der Waals surface area contributed by atoms with Gasteiger partial charge in [0.2, 0.25) is 0 Å². The zero-order valence-corrected chi connectivity index (χ0v) is 10.8. The van der Waals surface area contributed by atoms with E-state index in [4.69, 9.17) is 39.5 Å². The van der Waals surface area contributed by atoms with Crippen LogP contribution >= 0.6 is 34.8 Å². The number of phenolic OH excluding ortho intramolecular Hbond substituents is 1. The molecule has 0 aromatic heterocycles. The number of hydrogen-bond acceptors (Lipinski definition) is 2. The molecule has 0 aliphatic rings. The molecule has 0 bridgehead atoms. The summed E-state index contributed by atoms with van der Waals surface area (Å²) in [5.41, 5.74) is -1.27. The second-order valence-electron chi connectivity index (χ2n) is 3.10. The normalized spacial score (nSPS) is 11.2. The second kappa shape index (κ2) is 5.91. The quantitative estimate of drug-likeness (QED) is 0.869. The van der Waals surface area contributed by atoms with Crippen LogP contribution in [0.5, 0.6) is 11.5 Å².